The van der Waals surface area contributed by atoms with E-state index in [4.69, 9.17) is 4.74 Å². The molecule has 116 valence electrons. The molecule has 0 amide bonds. The van der Waals surface area contributed by atoms with Crippen molar-refractivity contribution in [3.05, 3.63) is 64.7 Å². The molecule has 0 aliphatic heterocycles. The van der Waals surface area contributed by atoms with Crippen LogP contribution >= 0.6 is 0 Å². The molecule has 0 radical (unpaired) electrons. The van der Waals surface area contributed by atoms with Crippen molar-refractivity contribution in [1.82, 2.24) is 0 Å². The Balaban J connectivity index is 2.21. The fourth-order valence-electron chi connectivity index (χ4n) is 2.08. The topological polar surface area (TPSA) is 9.23 Å². The molecule has 2 rings (SSSR count). The number of hydrogen-bond acceptors (Lipinski definition) is 1. The third kappa shape index (κ3) is 4.13. The third-order valence-electron chi connectivity index (χ3n) is 3.34. The van der Waals surface area contributed by atoms with Crippen LogP contribution in [-0.2, 0) is 12.6 Å². The van der Waals surface area contributed by atoms with Gasteiger partial charge in [-0.3, -0.25) is 0 Å². The van der Waals surface area contributed by atoms with Crippen LogP contribution in [0.2, 0.25) is 0 Å². The van der Waals surface area contributed by atoms with Gasteiger partial charge in [-0.2, -0.15) is 13.2 Å². The Morgan fingerprint density at radius 1 is 0.955 bits per heavy atom. The van der Waals surface area contributed by atoms with Crippen LogP contribution in [-0.4, -0.2) is 7.11 Å². The van der Waals surface area contributed by atoms with Crippen LogP contribution < -0.4 is 4.74 Å². The summed E-state index contributed by atoms with van der Waals surface area (Å²) in [6.45, 7) is 2.05. The highest BCUT2D eigenvalue weighted by Crippen LogP contribution is 2.29. The van der Waals surface area contributed by atoms with Gasteiger partial charge in [0.15, 0.2) is 0 Å². The van der Waals surface area contributed by atoms with Gasteiger partial charge in [0, 0.05) is 0 Å². The van der Waals surface area contributed by atoms with Crippen LogP contribution in [0.1, 0.15) is 29.2 Å². The lowest BCUT2D eigenvalue weighted by molar-refractivity contribution is -0.137. The Labute approximate surface area is 128 Å². The van der Waals surface area contributed by atoms with E-state index in [1.54, 1.807) is 13.2 Å². The smallest absolute Gasteiger partial charge is 0.416 e. The van der Waals surface area contributed by atoms with E-state index in [1.165, 1.54) is 12.1 Å². The molecular formula is C18H17F3O. The van der Waals surface area contributed by atoms with Gasteiger partial charge in [-0.05, 0) is 47.4 Å². The Morgan fingerprint density at radius 3 is 2.14 bits per heavy atom. The van der Waals surface area contributed by atoms with Crippen LogP contribution in [0.15, 0.2) is 42.5 Å². The normalized spacial score (nSPS) is 11.9. The van der Waals surface area contributed by atoms with E-state index in [-0.39, 0.29) is 0 Å². The highest BCUT2D eigenvalue weighted by molar-refractivity contribution is 5.70. The van der Waals surface area contributed by atoms with Gasteiger partial charge in [-0.25, -0.2) is 0 Å². The number of ether oxygens (including phenoxy) is 1. The maximum Gasteiger partial charge on any atom is 0.416 e. The predicted octanol–water partition coefficient (Wildman–Crippen LogP) is 5.45. The quantitative estimate of drug-likeness (QED) is 0.683. The van der Waals surface area contributed by atoms with Gasteiger partial charge < -0.3 is 4.74 Å². The molecule has 1 nitrogen and oxygen atoms in total. The summed E-state index contributed by atoms with van der Waals surface area (Å²) in [4.78, 5) is 0. The fourth-order valence-corrected chi connectivity index (χ4v) is 2.08. The zero-order valence-electron chi connectivity index (χ0n) is 12.4. The molecule has 0 spiro atoms. The molecule has 2 aromatic rings. The Bertz CT molecular complexity index is 633. The van der Waals surface area contributed by atoms with Gasteiger partial charge in [0.25, 0.3) is 0 Å². The summed E-state index contributed by atoms with van der Waals surface area (Å²) in [5.74, 6) is 0.770. The second-order valence-corrected chi connectivity index (χ2v) is 4.92. The maximum absolute atomic E-state index is 12.5. The second kappa shape index (κ2) is 6.69. The summed E-state index contributed by atoms with van der Waals surface area (Å²) in [5.41, 5.74) is 2.18. The van der Waals surface area contributed by atoms with Crippen molar-refractivity contribution in [2.45, 2.75) is 19.5 Å². The van der Waals surface area contributed by atoms with Crippen molar-refractivity contribution in [3.63, 3.8) is 0 Å². The number of rotatable bonds is 4. The summed E-state index contributed by atoms with van der Waals surface area (Å²) in [7, 11) is 1.61. The third-order valence-corrected chi connectivity index (χ3v) is 3.34. The largest absolute Gasteiger partial charge is 0.497 e. The minimum Gasteiger partial charge on any atom is -0.497 e. The lowest BCUT2D eigenvalue weighted by Gasteiger charge is -2.06. The van der Waals surface area contributed by atoms with E-state index in [1.807, 2.05) is 24.3 Å². The highest BCUT2D eigenvalue weighted by Gasteiger charge is 2.29. The van der Waals surface area contributed by atoms with Gasteiger partial charge >= 0.3 is 6.18 Å². The molecule has 0 heterocycles. The van der Waals surface area contributed by atoms with Crippen molar-refractivity contribution in [2.75, 3.05) is 7.11 Å². The monoisotopic (exact) mass is 306 g/mol. The number of aryl methyl sites for hydroxylation is 1. The fraction of sp³-hybridized carbons (Fsp3) is 0.222. The first kappa shape index (κ1) is 16.1. The van der Waals surface area contributed by atoms with Crippen molar-refractivity contribution in [1.29, 1.82) is 0 Å². The standard InChI is InChI=1S/C18H17F3O/c1-3-13-10-15(12-17(11-13)22-2)5-4-14-6-8-16(9-7-14)18(19,20)21/h4-12H,3H2,1-2H3/b5-4-. The molecule has 0 saturated carbocycles. The average Bonchev–Trinajstić information content (AvgIpc) is 2.52. The SMILES string of the molecule is CCc1cc(/C=C\c2ccc(C(F)(F)F)cc2)cc(OC)c1. The molecule has 0 bridgehead atoms. The zero-order chi connectivity index (χ0) is 16.2. The first-order valence-electron chi connectivity index (χ1n) is 6.95. The molecule has 0 saturated heterocycles. The van der Waals surface area contributed by atoms with Gasteiger partial charge in [-0.15, -0.1) is 0 Å². The number of hydrogen-bond donors (Lipinski definition) is 0. The van der Waals surface area contributed by atoms with Crippen molar-refractivity contribution < 1.29 is 17.9 Å². The van der Waals surface area contributed by atoms with E-state index in [0.29, 0.717) is 5.56 Å². The Hall–Kier alpha value is -2.23. The highest BCUT2D eigenvalue weighted by atomic mass is 19.4. The van der Waals surface area contributed by atoms with E-state index in [9.17, 15) is 13.2 Å². The molecule has 0 aliphatic rings. The summed E-state index contributed by atoms with van der Waals surface area (Å²) in [6, 6.07) is 11.0. The van der Waals surface area contributed by atoms with Crippen molar-refractivity contribution in [3.8, 4) is 5.75 Å². The van der Waals surface area contributed by atoms with Gasteiger partial charge in [0.2, 0.25) is 0 Å². The summed E-state index contributed by atoms with van der Waals surface area (Å²) < 4.78 is 42.8. The second-order valence-electron chi connectivity index (χ2n) is 4.92. The summed E-state index contributed by atoms with van der Waals surface area (Å²) >= 11 is 0. The average molecular weight is 306 g/mol. The Kier molecular flexibility index (Phi) is 4.91. The molecule has 2 aromatic carbocycles. The van der Waals surface area contributed by atoms with E-state index in [0.717, 1.165) is 35.4 Å². The van der Waals surface area contributed by atoms with E-state index >= 15 is 0 Å². The van der Waals surface area contributed by atoms with Crippen LogP contribution in [0.5, 0.6) is 5.75 Å². The van der Waals surface area contributed by atoms with E-state index < -0.39 is 11.7 Å². The number of methoxy groups -OCH3 is 1. The van der Waals surface area contributed by atoms with Crippen LogP contribution in [0.4, 0.5) is 13.2 Å². The summed E-state index contributed by atoms with van der Waals surface area (Å²) in [5, 5.41) is 0. The summed E-state index contributed by atoms with van der Waals surface area (Å²) in [6.07, 6.45) is 0.238. The molecule has 0 atom stereocenters. The van der Waals surface area contributed by atoms with Crippen LogP contribution in [0.3, 0.4) is 0 Å². The first-order chi connectivity index (χ1) is 10.4. The molecule has 0 unspecified atom stereocenters. The number of alkyl halides is 3. The number of halogens is 3. The van der Waals surface area contributed by atoms with E-state index in [2.05, 4.69) is 6.92 Å². The van der Waals surface area contributed by atoms with Crippen molar-refractivity contribution in [2.24, 2.45) is 0 Å². The minimum atomic E-state index is -4.30. The van der Waals surface area contributed by atoms with Crippen molar-refractivity contribution >= 4 is 12.2 Å². The predicted molar refractivity (Wildman–Crippen MR) is 82.7 cm³/mol. The molecule has 4 heteroatoms. The first-order valence-corrected chi connectivity index (χ1v) is 6.95. The van der Waals surface area contributed by atoms with Crippen LogP contribution in [0, 0.1) is 0 Å². The maximum atomic E-state index is 12.5. The molecule has 0 aromatic heterocycles. The molecule has 0 N–H and O–H groups in total. The lowest BCUT2D eigenvalue weighted by atomic mass is 10.1. The van der Waals surface area contributed by atoms with Gasteiger partial charge in [0.05, 0.1) is 12.7 Å². The Morgan fingerprint density at radius 2 is 1.59 bits per heavy atom. The molecule has 0 aliphatic carbocycles. The molecule has 22 heavy (non-hydrogen) atoms. The minimum absolute atomic E-state index is 0.640. The molecular weight excluding hydrogens is 289 g/mol. The molecule has 0 fully saturated rings. The number of benzene rings is 2. The van der Waals surface area contributed by atoms with Crippen LogP contribution in [0.25, 0.3) is 12.2 Å². The zero-order valence-corrected chi connectivity index (χ0v) is 12.4. The van der Waals surface area contributed by atoms with Gasteiger partial charge in [0.1, 0.15) is 5.75 Å². The van der Waals surface area contributed by atoms with Gasteiger partial charge in [-0.1, -0.05) is 37.3 Å². The lowest BCUT2D eigenvalue weighted by Crippen LogP contribution is -2.03.